The van der Waals surface area contributed by atoms with Crippen molar-refractivity contribution in [1.29, 1.82) is 0 Å². The lowest BCUT2D eigenvalue weighted by molar-refractivity contribution is 0.411. The normalized spacial score (nSPS) is 11.2. The highest BCUT2D eigenvalue weighted by atomic mass is 32.2. The Hall–Kier alpha value is -2.93. The van der Waals surface area contributed by atoms with Gasteiger partial charge < -0.3 is 4.74 Å². The average Bonchev–Trinajstić information content (AvgIpc) is 2.71. The fourth-order valence-corrected chi connectivity index (χ4v) is 3.03. The van der Waals surface area contributed by atoms with E-state index in [2.05, 4.69) is 31.5 Å². The number of methoxy groups -OCH3 is 1. The molecule has 0 atom stereocenters. The Morgan fingerprint density at radius 3 is 2.62 bits per heavy atom. The minimum atomic E-state index is 0.706. The minimum Gasteiger partial charge on any atom is -0.496 e. The number of nitrogens with zero attached hydrogens (tertiary/aromatic N) is 4. The number of anilines is 1. The number of hydrazone groups is 1. The van der Waals surface area contributed by atoms with Crippen LogP contribution >= 0.6 is 11.8 Å². The Kier molecular flexibility index (Phi) is 6.16. The van der Waals surface area contributed by atoms with Crippen LogP contribution in [0.2, 0.25) is 0 Å². The summed E-state index contributed by atoms with van der Waals surface area (Å²) in [7, 11) is 1.67. The minimum absolute atomic E-state index is 0.706. The Morgan fingerprint density at radius 2 is 1.88 bits per heavy atom. The van der Waals surface area contributed by atoms with Gasteiger partial charge >= 0.3 is 0 Å². The van der Waals surface area contributed by atoms with Crippen molar-refractivity contribution in [1.82, 2.24) is 15.0 Å². The predicted octanol–water partition coefficient (Wildman–Crippen LogP) is 4.01. The smallest absolute Gasteiger partial charge is 0.187 e. The van der Waals surface area contributed by atoms with Gasteiger partial charge in [0.2, 0.25) is 0 Å². The van der Waals surface area contributed by atoms with Crippen LogP contribution in [0, 0.1) is 0 Å². The second kappa shape index (κ2) is 8.96. The summed E-state index contributed by atoms with van der Waals surface area (Å²) in [5.41, 5.74) is 5.91. The summed E-state index contributed by atoms with van der Waals surface area (Å²) < 4.78 is 5.48. The van der Waals surface area contributed by atoms with E-state index < -0.39 is 0 Å². The second-order valence-electron chi connectivity index (χ2n) is 5.37. The molecule has 2 heterocycles. The number of nitrogens with one attached hydrogen (secondary N) is 1. The molecule has 7 heteroatoms. The van der Waals surface area contributed by atoms with Crippen LogP contribution in [0.4, 0.5) is 5.82 Å². The molecule has 26 heavy (non-hydrogen) atoms. The molecule has 0 bridgehead atoms. The molecule has 0 saturated carbocycles. The first-order valence-corrected chi connectivity index (χ1v) is 9.03. The maximum absolute atomic E-state index is 5.48. The van der Waals surface area contributed by atoms with Crippen molar-refractivity contribution >= 4 is 23.3 Å². The Bertz CT molecular complexity index is 872. The zero-order valence-electron chi connectivity index (χ0n) is 14.6. The van der Waals surface area contributed by atoms with Crippen molar-refractivity contribution in [2.24, 2.45) is 5.10 Å². The number of pyridine rings is 1. The molecule has 3 aromatic rings. The van der Waals surface area contributed by atoms with Crippen molar-refractivity contribution in [2.75, 3.05) is 12.5 Å². The van der Waals surface area contributed by atoms with Gasteiger partial charge in [0, 0.05) is 29.9 Å². The monoisotopic (exact) mass is 365 g/mol. The molecule has 0 aliphatic heterocycles. The van der Waals surface area contributed by atoms with Gasteiger partial charge in [-0.3, -0.25) is 5.43 Å². The molecular weight excluding hydrogens is 346 g/mol. The summed E-state index contributed by atoms with van der Waals surface area (Å²) in [4.78, 5) is 12.7. The third-order valence-corrected chi connectivity index (χ3v) is 4.52. The van der Waals surface area contributed by atoms with Crippen molar-refractivity contribution in [2.45, 2.75) is 17.8 Å². The average molecular weight is 365 g/mol. The molecule has 1 N–H and O–H groups in total. The van der Waals surface area contributed by atoms with Crippen LogP contribution in [-0.2, 0) is 5.75 Å². The van der Waals surface area contributed by atoms with Crippen molar-refractivity contribution in [3.63, 3.8) is 0 Å². The van der Waals surface area contributed by atoms with E-state index in [1.54, 1.807) is 43.5 Å². The van der Waals surface area contributed by atoms with Gasteiger partial charge in [0.25, 0.3) is 0 Å². The van der Waals surface area contributed by atoms with E-state index >= 15 is 0 Å². The predicted molar refractivity (Wildman–Crippen MR) is 105 cm³/mol. The van der Waals surface area contributed by atoms with Gasteiger partial charge in [0.15, 0.2) is 5.16 Å². The summed E-state index contributed by atoms with van der Waals surface area (Å²) in [6.07, 6.45) is 5.20. The lowest BCUT2D eigenvalue weighted by Gasteiger charge is -2.10. The van der Waals surface area contributed by atoms with Crippen LogP contribution < -0.4 is 10.2 Å². The molecule has 3 rings (SSSR count). The zero-order chi connectivity index (χ0) is 18.2. The van der Waals surface area contributed by atoms with Crippen LogP contribution in [0.1, 0.15) is 18.1 Å². The molecule has 0 radical (unpaired) electrons. The van der Waals surface area contributed by atoms with Crippen LogP contribution in [0.25, 0.3) is 0 Å². The van der Waals surface area contributed by atoms with Crippen LogP contribution in [0.3, 0.4) is 0 Å². The van der Waals surface area contributed by atoms with E-state index in [9.17, 15) is 0 Å². The lowest BCUT2D eigenvalue weighted by Crippen LogP contribution is -2.02. The quantitative estimate of drug-likeness (QED) is 0.295. The Morgan fingerprint density at radius 1 is 1.08 bits per heavy atom. The summed E-state index contributed by atoms with van der Waals surface area (Å²) in [6, 6.07) is 13.5. The largest absolute Gasteiger partial charge is 0.496 e. The SMILES string of the molecule is COc1ccc(/C(C)=N\Nc2ccccn2)cc1CSc1ncccn1. The first-order valence-electron chi connectivity index (χ1n) is 8.04. The molecular formula is C19H19N5OS. The maximum Gasteiger partial charge on any atom is 0.187 e. The number of rotatable bonds is 7. The molecule has 132 valence electrons. The molecule has 0 aliphatic carbocycles. The van der Waals surface area contributed by atoms with Crippen LogP contribution in [0.5, 0.6) is 5.75 Å². The van der Waals surface area contributed by atoms with Crippen molar-refractivity contribution in [3.8, 4) is 5.75 Å². The third kappa shape index (κ3) is 4.80. The standard InChI is InChI=1S/C19H19N5OS/c1-14(23-24-18-6-3-4-9-20-18)15-7-8-17(25-2)16(12-15)13-26-19-21-10-5-11-22-19/h3-12H,13H2,1-2H3,(H,20,24)/b23-14-. The number of hydrogen-bond donors (Lipinski definition) is 1. The zero-order valence-corrected chi connectivity index (χ0v) is 15.4. The van der Waals surface area contributed by atoms with E-state index in [1.165, 1.54) is 0 Å². The molecule has 2 aromatic heterocycles. The lowest BCUT2D eigenvalue weighted by atomic mass is 10.1. The van der Waals surface area contributed by atoms with E-state index in [0.717, 1.165) is 27.7 Å². The summed E-state index contributed by atoms with van der Waals surface area (Å²) >= 11 is 1.57. The summed E-state index contributed by atoms with van der Waals surface area (Å²) in [5.74, 6) is 2.25. The van der Waals surface area contributed by atoms with Gasteiger partial charge in [-0.25, -0.2) is 15.0 Å². The molecule has 0 saturated heterocycles. The molecule has 0 unspecified atom stereocenters. The summed E-state index contributed by atoms with van der Waals surface area (Å²) in [5, 5.41) is 5.15. The number of ether oxygens (including phenoxy) is 1. The van der Waals surface area contributed by atoms with Gasteiger partial charge in [-0.15, -0.1) is 0 Å². The highest BCUT2D eigenvalue weighted by Crippen LogP contribution is 2.27. The van der Waals surface area contributed by atoms with Crippen LogP contribution in [-0.4, -0.2) is 27.8 Å². The number of benzene rings is 1. The molecule has 0 aliphatic rings. The number of hydrogen-bond acceptors (Lipinski definition) is 7. The van der Waals surface area contributed by atoms with Gasteiger partial charge in [-0.1, -0.05) is 17.8 Å². The molecule has 1 aromatic carbocycles. The fourth-order valence-electron chi connectivity index (χ4n) is 2.25. The first kappa shape index (κ1) is 17.9. The maximum atomic E-state index is 5.48. The van der Waals surface area contributed by atoms with Crippen molar-refractivity contribution < 1.29 is 4.74 Å². The Labute approximate surface area is 156 Å². The molecule has 0 spiro atoms. The van der Waals surface area contributed by atoms with Gasteiger partial charge in [0.1, 0.15) is 11.6 Å². The summed E-state index contributed by atoms with van der Waals surface area (Å²) in [6.45, 7) is 1.95. The Balaban J connectivity index is 1.75. The van der Waals surface area contributed by atoms with E-state index in [1.807, 2.05) is 37.3 Å². The fraction of sp³-hybridized carbons (Fsp3) is 0.158. The van der Waals surface area contributed by atoms with Crippen LogP contribution in [0.15, 0.2) is 71.3 Å². The molecule has 0 fully saturated rings. The van der Waals surface area contributed by atoms with Gasteiger partial charge in [-0.2, -0.15) is 5.10 Å². The molecule has 0 amide bonds. The van der Waals surface area contributed by atoms with E-state index in [-0.39, 0.29) is 0 Å². The highest BCUT2D eigenvalue weighted by Gasteiger charge is 2.08. The topological polar surface area (TPSA) is 72.3 Å². The van der Waals surface area contributed by atoms with Gasteiger partial charge in [0.05, 0.1) is 12.8 Å². The number of aromatic nitrogens is 3. The molecule has 6 nitrogen and oxygen atoms in total. The van der Waals surface area contributed by atoms with Crippen molar-refractivity contribution in [3.05, 3.63) is 72.2 Å². The van der Waals surface area contributed by atoms with E-state index in [0.29, 0.717) is 11.6 Å². The third-order valence-electron chi connectivity index (χ3n) is 3.60. The highest BCUT2D eigenvalue weighted by molar-refractivity contribution is 7.98. The number of thioether (sulfide) groups is 1. The second-order valence-corrected chi connectivity index (χ2v) is 6.31. The first-order chi connectivity index (χ1) is 12.8. The van der Waals surface area contributed by atoms with Gasteiger partial charge in [-0.05, 0) is 48.9 Å². The van der Waals surface area contributed by atoms with E-state index in [4.69, 9.17) is 4.74 Å².